The fourth-order valence-electron chi connectivity index (χ4n) is 2.18. The number of urea groups is 1. The van der Waals surface area contributed by atoms with E-state index < -0.39 is 23.3 Å². The number of carbonyl (C=O) groups excluding carboxylic acids is 1. The van der Waals surface area contributed by atoms with E-state index in [2.05, 4.69) is 10.3 Å². The number of nitrogens with zero attached hydrogens (tertiary/aromatic N) is 1. The van der Waals surface area contributed by atoms with E-state index in [1.54, 1.807) is 12.1 Å². The number of hydrogen-bond donors (Lipinski definition) is 2. The standard InChI is InChI=1S/C16H16F3N3O/c1-16(18,19)12-8-10(4-5-13(12)17)2-3-11-6-7-21-14(9-11)22-15(20)23/h4-9H,2-3H2,1H3,(H3,20,21,22,23). The summed E-state index contributed by atoms with van der Waals surface area (Å²) in [6.45, 7) is 0.667. The van der Waals surface area contributed by atoms with Gasteiger partial charge in [0.25, 0.3) is 5.92 Å². The number of halogens is 3. The first-order chi connectivity index (χ1) is 10.8. The summed E-state index contributed by atoms with van der Waals surface area (Å²) in [7, 11) is 0. The van der Waals surface area contributed by atoms with Crippen LogP contribution in [0.2, 0.25) is 0 Å². The van der Waals surface area contributed by atoms with Crippen molar-refractivity contribution in [3.63, 3.8) is 0 Å². The summed E-state index contributed by atoms with van der Waals surface area (Å²) in [6, 6.07) is 6.37. The van der Waals surface area contributed by atoms with Gasteiger partial charge in [0.05, 0.1) is 5.56 Å². The molecule has 7 heteroatoms. The van der Waals surface area contributed by atoms with Gasteiger partial charge >= 0.3 is 6.03 Å². The number of amides is 2. The number of aryl methyl sites for hydroxylation is 2. The quantitative estimate of drug-likeness (QED) is 0.882. The summed E-state index contributed by atoms with van der Waals surface area (Å²) in [5.41, 5.74) is 5.85. The van der Waals surface area contributed by atoms with Crippen molar-refractivity contribution in [2.45, 2.75) is 25.7 Å². The Hall–Kier alpha value is -2.57. The first-order valence-corrected chi connectivity index (χ1v) is 6.94. The lowest BCUT2D eigenvalue weighted by molar-refractivity contribution is 0.0137. The minimum Gasteiger partial charge on any atom is -0.351 e. The Morgan fingerprint density at radius 2 is 1.87 bits per heavy atom. The molecule has 0 bridgehead atoms. The number of benzene rings is 1. The maximum absolute atomic E-state index is 13.5. The van der Waals surface area contributed by atoms with Gasteiger partial charge in [-0.05, 0) is 48.2 Å². The summed E-state index contributed by atoms with van der Waals surface area (Å²) in [5.74, 6) is -3.83. The van der Waals surface area contributed by atoms with E-state index in [0.717, 1.165) is 11.6 Å². The minimum absolute atomic E-state index is 0.315. The van der Waals surface area contributed by atoms with Crippen LogP contribution in [0.1, 0.15) is 23.6 Å². The van der Waals surface area contributed by atoms with E-state index >= 15 is 0 Å². The molecule has 2 rings (SSSR count). The van der Waals surface area contributed by atoms with E-state index in [9.17, 15) is 18.0 Å². The lowest BCUT2D eigenvalue weighted by Crippen LogP contribution is -2.20. The van der Waals surface area contributed by atoms with Crippen LogP contribution in [-0.2, 0) is 18.8 Å². The normalized spacial score (nSPS) is 11.3. The molecule has 3 N–H and O–H groups in total. The number of anilines is 1. The molecular weight excluding hydrogens is 307 g/mol. The van der Waals surface area contributed by atoms with Crippen molar-refractivity contribution >= 4 is 11.8 Å². The van der Waals surface area contributed by atoms with E-state index in [1.807, 2.05) is 0 Å². The van der Waals surface area contributed by atoms with Crippen LogP contribution in [0.15, 0.2) is 36.5 Å². The Morgan fingerprint density at radius 3 is 2.48 bits per heavy atom. The molecule has 0 radical (unpaired) electrons. The molecule has 2 aromatic rings. The molecule has 0 atom stereocenters. The van der Waals surface area contributed by atoms with Gasteiger partial charge in [-0.1, -0.05) is 6.07 Å². The number of nitrogens with two attached hydrogens (primary N) is 1. The summed E-state index contributed by atoms with van der Waals surface area (Å²) >= 11 is 0. The van der Waals surface area contributed by atoms with Gasteiger partial charge < -0.3 is 5.73 Å². The van der Waals surface area contributed by atoms with E-state index in [1.165, 1.54) is 18.3 Å². The predicted molar refractivity (Wildman–Crippen MR) is 80.8 cm³/mol. The van der Waals surface area contributed by atoms with Crippen LogP contribution in [0.5, 0.6) is 0 Å². The highest BCUT2D eigenvalue weighted by Gasteiger charge is 2.28. The molecule has 0 aliphatic heterocycles. The van der Waals surface area contributed by atoms with Gasteiger partial charge in [-0.3, -0.25) is 5.32 Å². The van der Waals surface area contributed by atoms with Crippen LogP contribution >= 0.6 is 0 Å². The third-order valence-corrected chi connectivity index (χ3v) is 3.28. The topological polar surface area (TPSA) is 68.0 Å². The van der Waals surface area contributed by atoms with Gasteiger partial charge in [-0.2, -0.15) is 0 Å². The largest absolute Gasteiger partial charge is 0.351 e. The van der Waals surface area contributed by atoms with Crippen LogP contribution in [0.3, 0.4) is 0 Å². The molecule has 4 nitrogen and oxygen atoms in total. The zero-order chi connectivity index (χ0) is 17.0. The molecule has 1 aromatic heterocycles. The molecule has 0 saturated heterocycles. The highest BCUT2D eigenvalue weighted by Crippen LogP contribution is 2.30. The van der Waals surface area contributed by atoms with Crippen LogP contribution in [0.25, 0.3) is 0 Å². The number of carbonyl (C=O) groups is 1. The second-order valence-electron chi connectivity index (χ2n) is 5.24. The Morgan fingerprint density at radius 1 is 1.22 bits per heavy atom. The number of hydrogen-bond acceptors (Lipinski definition) is 2. The fraction of sp³-hybridized carbons (Fsp3) is 0.250. The smallest absolute Gasteiger partial charge is 0.317 e. The average Bonchev–Trinajstić information content (AvgIpc) is 2.45. The SMILES string of the molecule is CC(F)(F)c1cc(CCc2ccnc(NC(N)=O)c2)ccc1F. The van der Waals surface area contributed by atoms with Crippen molar-refractivity contribution in [2.24, 2.45) is 5.73 Å². The first kappa shape index (κ1) is 16.8. The zero-order valence-corrected chi connectivity index (χ0v) is 12.4. The van der Waals surface area contributed by atoms with E-state index in [4.69, 9.17) is 5.73 Å². The van der Waals surface area contributed by atoms with Crippen LogP contribution in [0, 0.1) is 5.82 Å². The van der Waals surface area contributed by atoms with Gasteiger partial charge in [0.2, 0.25) is 0 Å². The highest BCUT2D eigenvalue weighted by atomic mass is 19.3. The first-order valence-electron chi connectivity index (χ1n) is 6.94. The maximum atomic E-state index is 13.5. The summed E-state index contributed by atoms with van der Waals surface area (Å²) in [6.07, 6.45) is 2.48. The lowest BCUT2D eigenvalue weighted by atomic mass is 10.0. The highest BCUT2D eigenvalue weighted by molar-refractivity contribution is 5.86. The summed E-state index contributed by atoms with van der Waals surface area (Å²) in [5, 5.41) is 2.36. The molecule has 0 spiro atoms. The number of aromatic nitrogens is 1. The van der Waals surface area contributed by atoms with Crippen molar-refractivity contribution < 1.29 is 18.0 Å². The maximum Gasteiger partial charge on any atom is 0.317 e. The average molecular weight is 323 g/mol. The van der Waals surface area contributed by atoms with Crippen molar-refractivity contribution in [3.05, 3.63) is 59.0 Å². The van der Waals surface area contributed by atoms with Gasteiger partial charge in [-0.15, -0.1) is 0 Å². The Kier molecular flexibility index (Phi) is 4.88. The molecule has 1 heterocycles. The Labute approximate surface area is 131 Å². The number of pyridine rings is 1. The predicted octanol–water partition coefficient (Wildman–Crippen LogP) is 3.61. The van der Waals surface area contributed by atoms with Gasteiger partial charge in [0, 0.05) is 13.1 Å². The van der Waals surface area contributed by atoms with Crippen molar-refractivity contribution in [1.29, 1.82) is 0 Å². The van der Waals surface area contributed by atoms with Crippen LogP contribution in [0.4, 0.5) is 23.8 Å². The Balaban J connectivity index is 2.11. The molecule has 0 aliphatic carbocycles. The molecule has 2 amide bonds. The number of nitrogens with one attached hydrogen (secondary N) is 1. The molecule has 23 heavy (non-hydrogen) atoms. The second kappa shape index (κ2) is 6.68. The molecule has 122 valence electrons. The zero-order valence-electron chi connectivity index (χ0n) is 12.4. The fourth-order valence-corrected chi connectivity index (χ4v) is 2.18. The molecule has 0 unspecified atom stereocenters. The third-order valence-electron chi connectivity index (χ3n) is 3.28. The lowest BCUT2D eigenvalue weighted by Gasteiger charge is -2.13. The second-order valence-corrected chi connectivity index (χ2v) is 5.24. The minimum atomic E-state index is -3.23. The third kappa shape index (κ3) is 4.70. The van der Waals surface area contributed by atoms with Gasteiger partial charge in [0.15, 0.2) is 0 Å². The number of rotatable bonds is 5. The monoisotopic (exact) mass is 323 g/mol. The Bertz CT molecular complexity index is 714. The van der Waals surface area contributed by atoms with Gasteiger partial charge in [-0.25, -0.2) is 22.9 Å². The number of primary amides is 1. The number of alkyl halides is 2. The molecule has 0 aliphatic rings. The molecule has 0 saturated carbocycles. The van der Waals surface area contributed by atoms with Crippen LogP contribution in [-0.4, -0.2) is 11.0 Å². The van der Waals surface area contributed by atoms with E-state index in [0.29, 0.717) is 31.1 Å². The van der Waals surface area contributed by atoms with E-state index in [-0.39, 0.29) is 0 Å². The van der Waals surface area contributed by atoms with Crippen molar-refractivity contribution in [1.82, 2.24) is 4.98 Å². The van der Waals surface area contributed by atoms with Gasteiger partial charge in [0.1, 0.15) is 11.6 Å². The summed E-state index contributed by atoms with van der Waals surface area (Å²) < 4.78 is 40.1. The van der Waals surface area contributed by atoms with Crippen LogP contribution < -0.4 is 11.1 Å². The molecular formula is C16H16F3N3O. The van der Waals surface area contributed by atoms with Crippen molar-refractivity contribution in [3.8, 4) is 0 Å². The summed E-state index contributed by atoms with van der Waals surface area (Å²) in [4.78, 5) is 14.7. The molecule has 0 fully saturated rings. The van der Waals surface area contributed by atoms with Crippen molar-refractivity contribution in [2.75, 3.05) is 5.32 Å². The molecule has 1 aromatic carbocycles.